The van der Waals surface area contributed by atoms with E-state index in [0.29, 0.717) is 0 Å². The Kier molecular flexibility index (Phi) is 5.49. The Morgan fingerprint density at radius 1 is 0.929 bits per heavy atom. The van der Waals surface area contributed by atoms with Crippen molar-refractivity contribution in [3.8, 4) is 0 Å². The standard InChI is InChI=1S/C20H16F3N3O2/c21-20(22,23)16-10-4-5-11-17(16)24-25-18(27)15-9-6-12-26(19(15)28)13-14-7-2-1-3-8-14/h1-12,24H,13H2,(H,25,27). The molecule has 1 aromatic heterocycles. The monoisotopic (exact) mass is 387 g/mol. The van der Waals surface area contributed by atoms with E-state index in [1.807, 2.05) is 30.3 Å². The molecule has 0 radical (unpaired) electrons. The third-order valence-electron chi connectivity index (χ3n) is 4.00. The highest BCUT2D eigenvalue weighted by Crippen LogP contribution is 2.34. The number of carbonyl (C=O) groups excluding carboxylic acids is 1. The molecule has 0 fully saturated rings. The largest absolute Gasteiger partial charge is 0.418 e. The molecule has 0 atom stereocenters. The molecule has 0 saturated carbocycles. The summed E-state index contributed by atoms with van der Waals surface area (Å²) >= 11 is 0. The number of benzene rings is 2. The summed E-state index contributed by atoms with van der Waals surface area (Å²) < 4.78 is 40.4. The number of pyridine rings is 1. The van der Waals surface area contributed by atoms with E-state index < -0.39 is 23.2 Å². The molecular weight excluding hydrogens is 371 g/mol. The zero-order valence-corrected chi connectivity index (χ0v) is 14.5. The van der Waals surface area contributed by atoms with Crippen LogP contribution in [0.3, 0.4) is 0 Å². The summed E-state index contributed by atoms with van der Waals surface area (Å²) in [5.74, 6) is -0.829. The highest BCUT2D eigenvalue weighted by atomic mass is 19.4. The van der Waals surface area contributed by atoms with Crippen molar-refractivity contribution in [2.45, 2.75) is 12.7 Å². The van der Waals surface area contributed by atoms with Gasteiger partial charge in [-0.1, -0.05) is 42.5 Å². The van der Waals surface area contributed by atoms with Gasteiger partial charge in [0.05, 0.1) is 17.8 Å². The van der Waals surface area contributed by atoms with E-state index in [0.717, 1.165) is 11.6 Å². The number of amides is 1. The van der Waals surface area contributed by atoms with Crippen molar-refractivity contribution in [1.82, 2.24) is 9.99 Å². The van der Waals surface area contributed by atoms with E-state index in [4.69, 9.17) is 0 Å². The molecule has 3 aromatic rings. The highest BCUT2D eigenvalue weighted by Gasteiger charge is 2.33. The van der Waals surface area contributed by atoms with Crippen molar-refractivity contribution in [2.75, 3.05) is 5.43 Å². The molecule has 0 spiro atoms. The zero-order valence-electron chi connectivity index (χ0n) is 14.5. The van der Waals surface area contributed by atoms with Crippen LogP contribution in [0.5, 0.6) is 0 Å². The van der Waals surface area contributed by atoms with Crippen LogP contribution in [0.25, 0.3) is 0 Å². The number of alkyl halides is 3. The molecule has 0 aliphatic heterocycles. The summed E-state index contributed by atoms with van der Waals surface area (Å²) in [7, 11) is 0. The van der Waals surface area contributed by atoms with E-state index in [1.165, 1.54) is 34.9 Å². The van der Waals surface area contributed by atoms with Gasteiger partial charge >= 0.3 is 6.18 Å². The van der Waals surface area contributed by atoms with E-state index >= 15 is 0 Å². The summed E-state index contributed by atoms with van der Waals surface area (Å²) in [6.07, 6.45) is -3.04. The van der Waals surface area contributed by atoms with Gasteiger partial charge in [0.25, 0.3) is 11.5 Å². The third kappa shape index (κ3) is 4.40. The molecule has 28 heavy (non-hydrogen) atoms. The zero-order chi connectivity index (χ0) is 20.1. The van der Waals surface area contributed by atoms with Gasteiger partial charge in [0.15, 0.2) is 0 Å². The smallest absolute Gasteiger partial charge is 0.310 e. The maximum absolute atomic E-state index is 13.0. The second-order valence-corrected chi connectivity index (χ2v) is 5.96. The molecule has 8 heteroatoms. The lowest BCUT2D eigenvalue weighted by atomic mass is 10.2. The summed E-state index contributed by atoms with van der Waals surface area (Å²) in [5, 5.41) is 0. The Labute approximate surface area is 158 Å². The van der Waals surface area contributed by atoms with E-state index in [2.05, 4.69) is 10.9 Å². The minimum atomic E-state index is -4.58. The van der Waals surface area contributed by atoms with Crippen LogP contribution < -0.4 is 16.4 Å². The number of hydrazine groups is 1. The SMILES string of the molecule is O=C(NNc1ccccc1C(F)(F)F)c1cccn(Cc2ccccc2)c1=O. The van der Waals surface area contributed by atoms with Gasteiger partial charge in [-0.05, 0) is 29.8 Å². The summed E-state index contributed by atoms with van der Waals surface area (Å²) in [6, 6.07) is 16.8. The molecule has 5 nitrogen and oxygen atoms in total. The van der Waals surface area contributed by atoms with Gasteiger partial charge in [-0.25, -0.2) is 0 Å². The van der Waals surface area contributed by atoms with Crippen molar-refractivity contribution in [2.24, 2.45) is 0 Å². The number of aromatic nitrogens is 1. The molecule has 1 heterocycles. The number of hydrogen-bond acceptors (Lipinski definition) is 3. The molecule has 0 aliphatic rings. The van der Waals surface area contributed by atoms with Gasteiger partial charge in [0.1, 0.15) is 5.56 Å². The predicted molar refractivity (Wildman–Crippen MR) is 98.8 cm³/mol. The van der Waals surface area contributed by atoms with Crippen molar-refractivity contribution < 1.29 is 18.0 Å². The fraction of sp³-hybridized carbons (Fsp3) is 0.100. The number of nitrogens with zero attached hydrogens (tertiary/aromatic N) is 1. The van der Waals surface area contributed by atoms with Crippen LogP contribution in [-0.2, 0) is 12.7 Å². The van der Waals surface area contributed by atoms with Crippen LogP contribution >= 0.6 is 0 Å². The fourth-order valence-electron chi connectivity index (χ4n) is 2.65. The molecule has 0 saturated heterocycles. The Bertz CT molecular complexity index is 1030. The second-order valence-electron chi connectivity index (χ2n) is 5.96. The van der Waals surface area contributed by atoms with Crippen molar-refractivity contribution in [3.63, 3.8) is 0 Å². The second kappa shape index (κ2) is 7.99. The van der Waals surface area contributed by atoms with Gasteiger partial charge in [-0.15, -0.1) is 0 Å². The van der Waals surface area contributed by atoms with Gasteiger partial charge in [0, 0.05) is 6.20 Å². The third-order valence-corrected chi connectivity index (χ3v) is 4.00. The first-order valence-electron chi connectivity index (χ1n) is 8.32. The van der Waals surface area contributed by atoms with Crippen LogP contribution in [-0.4, -0.2) is 10.5 Å². The predicted octanol–water partition coefficient (Wildman–Crippen LogP) is 3.67. The van der Waals surface area contributed by atoms with Crippen LogP contribution in [0, 0.1) is 0 Å². The van der Waals surface area contributed by atoms with Crippen molar-refractivity contribution in [1.29, 1.82) is 0 Å². The minimum Gasteiger partial charge on any atom is -0.310 e. The average molecular weight is 387 g/mol. The summed E-state index contributed by atoms with van der Waals surface area (Å²) in [6.45, 7) is 0.269. The number of carbonyl (C=O) groups is 1. The lowest BCUT2D eigenvalue weighted by Crippen LogP contribution is -2.36. The summed E-state index contributed by atoms with van der Waals surface area (Å²) in [4.78, 5) is 24.9. The quantitative estimate of drug-likeness (QED) is 0.657. The molecule has 144 valence electrons. The van der Waals surface area contributed by atoms with Crippen LogP contribution in [0.15, 0.2) is 77.7 Å². The van der Waals surface area contributed by atoms with E-state index in [-0.39, 0.29) is 17.8 Å². The number of nitrogens with one attached hydrogen (secondary N) is 2. The molecule has 1 amide bonds. The van der Waals surface area contributed by atoms with Crippen LogP contribution in [0.4, 0.5) is 18.9 Å². The first-order valence-corrected chi connectivity index (χ1v) is 8.32. The number of rotatable bonds is 5. The van der Waals surface area contributed by atoms with Gasteiger partial charge in [-0.3, -0.25) is 20.4 Å². The van der Waals surface area contributed by atoms with Crippen molar-refractivity contribution in [3.05, 3.63) is 100.0 Å². The highest BCUT2D eigenvalue weighted by molar-refractivity contribution is 5.94. The van der Waals surface area contributed by atoms with E-state index in [9.17, 15) is 22.8 Å². The topological polar surface area (TPSA) is 63.1 Å². The van der Waals surface area contributed by atoms with Crippen molar-refractivity contribution >= 4 is 11.6 Å². The average Bonchev–Trinajstić information content (AvgIpc) is 2.68. The normalized spacial score (nSPS) is 11.1. The number of halogens is 3. The lowest BCUT2D eigenvalue weighted by Gasteiger charge is -2.15. The maximum atomic E-state index is 13.0. The van der Waals surface area contributed by atoms with Gasteiger partial charge < -0.3 is 4.57 Å². The molecule has 3 rings (SSSR count). The number of anilines is 1. The van der Waals surface area contributed by atoms with Gasteiger partial charge in [0.2, 0.25) is 0 Å². The molecule has 2 aromatic carbocycles. The Morgan fingerprint density at radius 3 is 2.32 bits per heavy atom. The maximum Gasteiger partial charge on any atom is 0.418 e. The molecule has 2 N–H and O–H groups in total. The first-order chi connectivity index (χ1) is 13.4. The first kappa shape index (κ1) is 19.2. The fourth-order valence-corrected chi connectivity index (χ4v) is 2.65. The number of para-hydroxylation sites is 1. The van der Waals surface area contributed by atoms with Crippen LogP contribution in [0.1, 0.15) is 21.5 Å². The van der Waals surface area contributed by atoms with Gasteiger partial charge in [-0.2, -0.15) is 13.2 Å². The summed E-state index contributed by atoms with van der Waals surface area (Å²) in [5.41, 5.74) is 3.31. The molecule has 0 unspecified atom stereocenters. The molecule has 0 aliphatic carbocycles. The number of hydrogen-bond donors (Lipinski definition) is 2. The Morgan fingerprint density at radius 2 is 1.61 bits per heavy atom. The molecule has 0 bridgehead atoms. The van der Waals surface area contributed by atoms with E-state index in [1.54, 1.807) is 6.20 Å². The Balaban J connectivity index is 1.77. The van der Waals surface area contributed by atoms with Crippen LogP contribution in [0.2, 0.25) is 0 Å². The Hall–Kier alpha value is -3.55. The minimum absolute atomic E-state index is 0.185. The lowest BCUT2D eigenvalue weighted by molar-refractivity contribution is -0.137. The molecular formula is C20H16F3N3O2.